The topological polar surface area (TPSA) is 32.3 Å². The van der Waals surface area contributed by atoms with Gasteiger partial charge >= 0.3 is 0 Å². The summed E-state index contributed by atoms with van der Waals surface area (Å²) in [5.41, 5.74) is 0. The Bertz CT molecular complexity index is 299. The van der Waals surface area contributed by atoms with Crippen molar-refractivity contribution < 1.29 is 4.79 Å². The van der Waals surface area contributed by atoms with E-state index in [0.717, 1.165) is 25.7 Å². The third-order valence-electron chi connectivity index (χ3n) is 4.97. The van der Waals surface area contributed by atoms with Crippen molar-refractivity contribution in [1.82, 2.24) is 10.2 Å². The summed E-state index contributed by atoms with van der Waals surface area (Å²) in [4.78, 5) is 14.9. The Labute approximate surface area is 118 Å². The number of carbonyl (C=O) groups is 1. The van der Waals surface area contributed by atoms with E-state index in [1.54, 1.807) is 0 Å². The van der Waals surface area contributed by atoms with E-state index in [2.05, 4.69) is 31.0 Å². The van der Waals surface area contributed by atoms with Gasteiger partial charge in [0.15, 0.2) is 0 Å². The highest BCUT2D eigenvalue weighted by molar-refractivity contribution is 5.84. The molecule has 1 amide bonds. The smallest absolute Gasteiger partial charge is 0.241 e. The summed E-state index contributed by atoms with van der Waals surface area (Å²) in [6.07, 6.45) is 9.89. The molecule has 2 aliphatic rings. The third-order valence-corrected chi connectivity index (χ3v) is 4.97. The average molecular weight is 266 g/mol. The van der Waals surface area contributed by atoms with Crippen LogP contribution in [0.3, 0.4) is 0 Å². The Balaban J connectivity index is 2.15. The van der Waals surface area contributed by atoms with Crippen LogP contribution in [-0.4, -0.2) is 29.1 Å². The molecule has 0 bridgehead atoms. The summed E-state index contributed by atoms with van der Waals surface area (Å²) in [5.74, 6) is 1.05. The lowest BCUT2D eigenvalue weighted by Crippen LogP contribution is -2.47. The molecule has 0 radical (unpaired) electrons. The number of nitrogens with one attached hydrogen (secondary N) is 1. The summed E-state index contributed by atoms with van der Waals surface area (Å²) in [6, 6.07) is 0.503. The second-order valence-electron chi connectivity index (χ2n) is 6.21. The van der Waals surface area contributed by atoms with E-state index in [-0.39, 0.29) is 6.04 Å². The minimum Gasteiger partial charge on any atom is -0.323 e. The molecule has 1 N–H and O–H groups in total. The molecule has 19 heavy (non-hydrogen) atoms. The molecule has 0 aromatic carbocycles. The maximum absolute atomic E-state index is 12.6. The molecule has 3 unspecified atom stereocenters. The van der Waals surface area contributed by atoms with Crippen LogP contribution in [0.4, 0.5) is 0 Å². The van der Waals surface area contributed by atoms with Crippen LogP contribution in [0.5, 0.6) is 0 Å². The number of hydrogen-bond acceptors (Lipinski definition) is 2. The highest BCUT2D eigenvalue weighted by atomic mass is 16.2. The van der Waals surface area contributed by atoms with Gasteiger partial charge in [0.2, 0.25) is 5.91 Å². The Morgan fingerprint density at radius 2 is 1.95 bits per heavy atom. The van der Waals surface area contributed by atoms with Crippen molar-refractivity contribution in [2.45, 2.75) is 90.4 Å². The minimum atomic E-state index is 0.0662. The van der Waals surface area contributed by atoms with Gasteiger partial charge in [-0.1, -0.05) is 40.0 Å². The molecule has 1 aliphatic carbocycles. The van der Waals surface area contributed by atoms with Crippen molar-refractivity contribution in [2.24, 2.45) is 5.92 Å². The zero-order valence-electron chi connectivity index (χ0n) is 12.8. The Morgan fingerprint density at radius 1 is 1.26 bits per heavy atom. The van der Waals surface area contributed by atoms with Crippen molar-refractivity contribution in [2.75, 3.05) is 0 Å². The summed E-state index contributed by atoms with van der Waals surface area (Å²) >= 11 is 0. The van der Waals surface area contributed by atoms with Crippen molar-refractivity contribution in [1.29, 1.82) is 0 Å². The normalized spacial score (nSPS) is 30.3. The lowest BCUT2D eigenvalue weighted by Gasteiger charge is -2.35. The predicted molar refractivity (Wildman–Crippen MR) is 78.8 cm³/mol. The number of nitrogens with zero attached hydrogens (tertiary/aromatic N) is 1. The fourth-order valence-electron chi connectivity index (χ4n) is 3.88. The molecule has 1 saturated carbocycles. The fraction of sp³-hybridized carbons (Fsp3) is 0.938. The van der Waals surface area contributed by atoms with Gasteiger partial charge in [0.1, 0.15) is 0 Å². The molecule has 3 atom stereocenters. The second kappa shape index (κ2) is 6.74. The van der Waals surface area contributed by atoms with Gasteiger partial charge in [0.05, 0.1) is 12.2 Å². The second-order valence-corrected chi connectivity index (χ2v) is 6.21. The predicted octanol–water partition coefficient (Wildman–Crippen LogP) is 3.29. The SMILES string of the molecule is CCCC(CC)N1C(=O)C(CC)NC1C1CCCC1. The number of rotatable bonds is 6. The lowest BCUT2D eigenvalue weighted by molar-refractivity contribution is -0.133. The summed E-state index contributed by atoms with van der Waals surface area (Å²) in [7, 11) is 0. The molecular formula is C16H30N2O. The van der Waals surface area contributed by atoms with Crippen molar-refractivity contribution in [3.05, 3.63) is 0 Å². The first-order valence-corrected chi connectivity index (χ1v) is 8.31. The van der Waals surface area contributed by atoms with Gasteiger partial charge in [-0.15, -0.1) is 0 Å². The Morgan fingerprint density at radius 3 is 2.47 bits per heavy atom. The van der Waals surface area contributed by atoms with Gasteiger partial charge in [-0.25, -0.2) is 0 Å². The van der Waals surface area contributed by atoms with E-state index in [9.17, 15) is 4.79 Å². The first kappa shape index (κ1) is 14.8. The van der Waals surface area contributed by atoms with Crippen LogP contribution >= 0.6 is 0 Å². The average Bonchev–Trinajstić information content (AvgIpc) is 3.04. The highest BCUT2D eigenvalue weighted by Gasteiger charge is 2.44. The fourth-order valence-corrected chi connectivity index (χ4v) is 3.88. The Kier molecular flexibility index (Phi) is 5.26. The molecule has 0 aromatic heterocycles. The largest absolute Gasteiger partial charge is 0.323 e. The minimum absolute atomic E-state index is 0.0662. The molecule has 2 rings (SSSR count). The zero-order chi connectivity index (χ0) is 13.8. The zero-order valence-corrected chi connectivity index (χ0v) is 12.8. The maximum atomic E-state index is 12.6. The lowest BCUT2D eigenvalue weighted by atomic mass is 10.0. The van der Waals surface area contributed by atoms with Crippen molar-refractivity contribution in [3.63, 3.8) is 0 Å². The van der Waals surface area contributed by atoms with Gasteiger partial charge in [-0.05, 0) is 38.0 Å². The Hall–Kier alpha value is -0.570. The monoisotopic (exact) mass is 266 g/mol. The number of hydrogen-bond donors (Lipinski definition) is 1. The van der Waals surface area contributed by atoms with Crippen LogP contribution in [0, 0.1) is 5.92 Å². The van der Waals surface area contributed by atoms with Gasteiger partial charge in [-0.2, -0.15) is 0 Å². The van der Waals surface area contributed by atoms with E-state index in [0.29, 0.717) is 24.0 Å². The van der Waals surface area contributed by atoms with E-state index in [1.165, 1.54) is 25.7 Å². The molecule has 1 heterocycles. The third kappa shape index (κ3) is 2.96. The van der Waals surface area contributed by atoms with Crippen LogP contribution in [-0.2, 0) is 4.79 Å². The first-order valence-electron chi connectivity index (χ1n) is 8.31. The summed E-state index contributed by atoms with van der Waals surface area (Å²) in [5, 5.41) is 3.63. The molecule has 0 spiro atoms. The summed E-state index contributed by atoms with van der Waals surface area (Å²) < 4.78 is 0. The van der Waals surface area contributed by atoms with Crippen molar-refractivity contribution >= 4 is 5.91 Å². The highest BCUT2D eigenvalue weighted by Crippen LogP contribution is 2.34. The number of amides is 1. The quantitative estimate of drug-likeness (QED) is 0.800. The van der Waals surface area contributed by atoms with Gasteiger partial charge in [0.25, 0.3) is 0 Å². The van der Waals surface area contributed by atoms with Crippen LogP contribution in [0.2, 0.25) is 0 Å². The van der Waals surface area contributed by atoms with Crippen LogP contribution < -0.4 is 5.32 Å². The van der Waals surface area contributed by atoms with E-state index in [1.807, 2.05) is 0 Å². The summed E-state index contributed by atoms with van der Waals surface area (Å²) in [6.45, 7) is 6.56. The number of carbonyl (C=O) groups excluding carboxylic acids is 1. The first-order chi connectivity index (χ1) is 9.22. The van der Waals surface area contributed by atoms with Gasteiger partial charge < -0.3 is 4.90 Å². The molecule has 2 fully saturated rings. The molecule has 0 aromatic rings. The van der Waals surface area contributed by atoms with E-state index >= 15 is 0 Å². The van der Waals surface area contributed by atoms with E-state index in [4.69, 9.17) is 0 Å². The van der Waals surface area contributed by atoms with E-state index < -0.39 is 0 Å². The van der Waals surface area contributed by atoms with Crippen molar-refractivity contribution in [3.8, 4) is 0 Å². The van der Waals surface area contributed by atoms with Crippen LogP contribution in [0.25, 0.3) is 0 Å². The van der Waals surface area contributed by atoms with Crippen LogP contribution in [0.1, 0.15) is 72.1 Å². The standard InChI is InChI=1S/C16H30N2O/c1-4-9-13(5-2)18-15(12-10-7-8-11-12)17-14(6-3)16(18)19/h12-15,17H,4-11H2,1-3H3. The molecule has 1 aliphatic heterocycles. The molecule has 3 heteroatoms. The van der Waals surface area contributed by atoms with Gasteiger partial charge in [0, 0.05) is 6.04 Å². The van der Waals surface area contributed by atoms with Crippen LogP contribution in [0.15, 0.2) is 0 Å². The maximum Gasteiger partial charge on any atom is 0.241 e. The van der Waals surface area contributed by atoms with Gasteiger partial charge in [-0.3, -0.25) is 10.1 Å². The molecule has 110 valence electrons. The molecule has 1 saturated heterocycles. The molecular weight excluding hydrogens is 236 g/mol. The molecule has 3 nitrogen and oxygen atoms in total.